The molecule has 2 aromatic rings. The monoisotopic (exact) mass is 429 g/mol. The SMILES string of the molecule is CC.CCC(=O)N(C(C)=O)c1cccc(N)c1.CN(C)CC(=O)Nc1cccc(N)c1. The van der Waals surface area contributed by atoms with Gasteiger partial charge < -0.3 is 21.7 Å². The summed E-state index contributed by atoms with van der Waals surface area (Å²) in [7, 11) is 3.69. The Kier molecular flexibility index (Phi) is 13.0. The second-order valence-corrected chi connectivity index (χ2v) is 6.61. The maximum atomic E-state index is 11.5. The molecule has 0 aliphatic carbocycles. The molecule has 0 heterocycles. The summed E-state index contributed by atoms with van der Waals surface area (Å²) >= 11 is 0. The molecular weight excluding hydrogens is 394 g/mol. The molecule has 2 rings (SSSR count). The van der Waals surface area contributed by atoms with Crippen molar-refractivity contribution >= 4 is 40.5 Å². The highest BCUT2D eigenvalue weighted by atomic mass is 16.2. The van der Waals surface area contributed by atoms with Crippen LogP contribution in [-0.2, 0) is 14.4 Å². The van der Waals surface area contributed by atoms with Gasteiger partial charge in [0.15, 0.2) is 0 Å². The third-order valence-corrected chi connectivity index (χ3v) is 3.63. The second kappa shape index (κ2) is 14.6. The zero-order valence-corrected chi connectivity index (χ0v) is 19.3. The Morgan fingerprint density at radius 2 is 1.48 bits per heavy atom. The minimum atomic E-state index is -0.299. The number of nitrogens with zero attached hydrogens (tertiary/aromatic N) is 2. The quantitative estimate of drug-likeness (QED) is 0.627. The van der Waals surface area contributed by atoms with Gasteiger partial charge in [0.2, 0.25) is 17.7 Å². The fourth-order valence-corrected chi connectivity index (χ4v) is 2.43. The van der Waals surface area contributed by atoms with Crippen LogP contribution in [0.3, 0.4) is 0 Å². The predicted molar refractivity (Wildman–Crippen MR) is 129 cm³/mol. The van der Waals surface area contributed by atoms with Crippen LogP contribution in [0.2, 0.25) is 0 Å². The molecule has 0 aliphatic rings. The van der Waals surface area contributed by atoms with E-state index in [1.165, 1.54) is 6.92 Å². The van der Waals surface area contributed by atoms with E-state index in [1.54, 1.807) is 49.4 Å². The van der Waals surface area contributed by atoms with Gasteiger partial charge in [0.05, 0.1) is 12.2 Å². The molecule has 0 radical (unpaired) electrons. The number of carbonyl (C=O) groups excluding carboxylic acids is 3. The number of carbonyl (C=O) groups is 3. The van der Waals surface area contributed by atoms with E-state index < -0.39 is 0 Å². The number of likely N-dealkylation sites (N-methyl/N-ethyl adjacent to an activating group) is 1. The highest BCUT2D eigenvalue weighted by Gasteiger charge is 2.18. The molecule has 0 atom stereocenters. The van der Waals surface area contributed by atoms with Gasteiger partial charge in [-0.1, -0.05) is 32.9 Å². The molecule has 0 aliphatic heterocycles. The van der Waals surface area contributed by atoms with Crippen molar-refractivity contribution in [3.05, 3.63) is 48.5 Å². The summed E-state index contributed by atoms with van der Waals surface area (Å²) in [4.78, 5) is 37.1. The molecule has 3 amide bonds. The van der Waals surface area contributed by atoms with Gasteiger partial charge in [0.25, 0.3) is 0 Å². The Morgan fingerprint density at radius 1 is 0.935 bits per heavy atom. The topological polar surface area (TPSA) is 122 Å². The van der Waals surface area contributed by atoms with E-state index in [-0.39, 0.29) is 24.1 Å². The summed E-state index contributed by atoms with van der Waals surface area (Å²) < 4.78 is 0. The highest BCUT2D eigenvalue weighted by Crippen LogP contribution is 2.18. The van der Waals surface area contributed by atoms with Gasteiger partial charge in [0.1, 0.15) is 0 Å². The van der Waals surface area contributed by atoms with Crippen molar-refractivity contribution in [2.24, 2.45) is 0 Å². The first-order valence-electron chi connectivity index (χ1n) is 10.1. The molecule has 0 spiro atoms. The van der Waals surface area contributed by atoms with Crippen molar-refractivity contribution in [2.75, 3.05) is 42.3 Å². The number of amides is 3. The summed E-state index contributed by atoms with van der Waals surface area (Å²) in [5, 5.41) is 2.75. The molecule has 31 heavy (non-hydrogen) atoms. The van der Waals surface area contributed by atoms with Crippen LogP contribution >= 0.6 is 0 Å². The molecule has 0 bridgehead atoms. The summed E-state index contributed by atoms with van der Waals surface area (Å²) in [5.41, 5.74) is 13.6. The Hall–Kier alpha value is -3.39. The Morgan fingerprint density at radius 3 is 1.94 bits per heavy atom. The third kappa shape index (κ3) is 10.8. The number of hydrogen-bond acceptors (Lipinski definition) is 6. The lowest BCUT2D eigenvalue weighted by atomic mass is 10.2. The van der Waals surface area contributed by atoms with Crippen molar-refractivity contribution in [1.82, 2.24) is 4.90 Å². The molecule has 0 unspecified atom stereocenters. The summed E-state index contributed by atoms with van der Waals surface area (Å²) in [6.45, 7) is 7.44. The number of nitrogens with two attached hydrogens (primary N) is 2. The van der Waals surface area contributed by atoms with E-state index in [1.807, 2.05) is 38.9 Å². The fourth-order valence-electron chi connectivity index (χ4n) is 2.43. The van der Waals surface area contributed by atoms with Crippen LogP contribution in [0.4, 0.5) is 22.7 Å². The number of benzene rings is 2. The fraction of sp³-hybridized carbons (Fsp3) is 0.348. The number of nitrogens with one attached hydrogen (secondary N) is 1. The van der Waals surface area contributed by atoms with Crippen molar-refractivity contribution in [3.8, 4) is 0 Å². The van der Waals surface area contributed by atoms with Crippen LogP contribution in [0.25, 0.3) is 0 Å². The molecule has 2 aromatic carbocycles. The smallest absolute Gasteiger partial charge is 0.238 e. The van der Waals surface area contributed by atoms with Gasteiger partial charge in [-0.15, -0.1) is 0 Å². The molecule has 0 saturated carbocycles. The standard InChI is InChI=1S/C11H14N2O2.C10H15N3O.C2H6/c1-3-11(15)13(8(2)14)10-6-4-5-9(12)7-10;1-13(2)7-10(14)12-9-5-3-4-8(11)6-9;1-2/h4-7H,3,12H2,1-2H3;3-6H,7,11H2,1-2H3,(H,12,14);1-2H3. The van der Waals surface area contributed by atoms with Gasteiger partial charge in [-0.2, -0.15) is 0 Å². The number of anilines is 4. The van der Waals surface area contributed by atoms with E-state index in [0.717, 1.165) is 10.6 Å². The summed E-state index contributed by atoms with van der Waals surface area (Å²) in [6.07, 6.45) is 0.286. The zero-order valence-electron chi connectivity index (χ0n) is 19.3. The maximum Gasteiger partial charge on any atom is 0.238 e. The van der Waals surface area contributed by atoms with Gasteiger partial charge >= 0.3 is 0 Å². The van der Waals surface area contributed by atoms with E-state index in [2.05, 4.69) is 5.32 Å². The summed E-state index contributed by atoms with van der Waals surface area (Å²) in [6, 6.07) is 13.8. The molecule has 170 valence electrons. The molecule has 5 N–H and O–H groups in total. The lowest BCUT2D eigenvalue weighted by molar-refractivity contribution is -0.125. The van der Waals surface area contributed by atoms with Gasteiger partial charge in [-0.05, 0) is 50.5 Å². The van der Waals surface area contributed by atoms with E-state index in [4.69, 9.17) is 11.5 Å². The van der Waals surface area contributed by atoms with Crippen LogP contribution in [-0.4, -0.2) is 43.3 Å². The van der Waals surface area contributed by atoms with Crippen LogP contribution in [0.5, 0.6) is 0 Å². The lowest BCUT2D eigenvalue weighted by Crippen LogP contribution is -2.34. The van der Waals surface area contributed by atoms with E-state index >= 15 is 0 Å². The normalized spacial score (nSPS) is 9.52. The average molecular weight is 430 g/mol. The first-order chi connectivity index (χ1) is 14.6. The first kappa shape index (κ1) is 27.6. The molecule has 0 aromatic heterocycles. The molecule has 8 nitrogen and oxygen atoms in total. The minimum absolute atomic E-state index is 0.0411. The largest absolute Gasteiger partial charge is 0.399 e. The number of nitrogen functional groups attached to an aromatic ring is 2. The van der Waals surface area contributed by atoms with Gasteiger partial charge in [-0.25, -0.2) is 0 Å². The number of hydrogen-bond donors (Lipinski definition) is 3. The van der Waals surface area contributed by atoms with Gasteiger partial charge in [0, 0.05) is 30.4 Å². The van der Waals surface area contributed by atoms with E-state index in [0.29, 0.717) is 23.6 Å². The molecular formula is C23H35N5O3. The van der Waals surface area contributed by atoms with Crippen molar-refractivity contribution < 1.29 is 14.4 Å². The minimum Gasteiger partial charge on any atom is -0.399 e. The zero-order chi connectivity index (χ0) is 24.0. The van der Waals surface area contributed by atoms with Crippen molar-refractivity contribution in [2.45, 2.75) is 34.1 Å². The second-order valence-electron chi connectivity index (χ2n) is 6.61. The summed E-state index contributed by atoms with van der Waals surface area (Å²) in [5.74, 6) is -0.568. The Balaban J connectivity index is 0.000000539. The molecule has 0 saturated heterocycles. The van der Waals surface area contributed by atoms with Crippen LogP contribution in [0.15, 0.2) is 48.5 Å². The number of rotatable bonds is 5. The van der Waals surface area contributed by atoms with Crippen LogP contribution < -0.4 is 21.7 Å². The Labute approximate surface area is 185 Å². The van der Waals surface area contributed by atoms with Crippen molar-refractivity contribution in [1.29, 1.82) is 0 Å². The van der Waals surface area contributed by atoms with Gasteiger partial charge in [-0.3, -0.25) is 19.3 Å². The predicted octanol–water partition coefficient (Wildman–Crippen LogP) is 3.35. The molecule has 8 heteroatoms. The highest BCUT2D eigenvalue weighted by molar-refractivity contribution is 6.14. The number of imide groups is 1. The molecule has 0 fully saturated rings. The van der Waals surface area contributed by atoms with Crippen LogP contribution in [0.1, 0.15) is 34.1 Å². The van der Waals surface area contributed by atoms with Crippen LogP contribution in [0, 0.1) is 0 Å². The third-order valence-electron chi connectivity index (χ3n) is 3.63. The van der Waals surface area contributed by atoms with E-state index in [9.17, 15) is 14.4 Å². The first-order valence-corrected chi connectivity index (χ1v) is 10.1. The lowest BCUT2D eigenvalue weighted by Gasteiger charge is -2.18. The maximum absolute atomic E-state index is 11.5. The Bertz CT molecular complexity index is 853. The average Bonchev–Trinajstić information content (AvgIpc) is 2.69. The van der Waals surface area contributed by atoms with Crippen molar-refractivity contribution in [3.63, 3.8) is 0 Å².